The second kappa shape index (κ2) is 2.66. The van der Waals surface area contributed by atoms with E-state index in [0.717, 1.165) is 9.20 Å². The molecule has 4 heteroatoms. The molecule has 0 fully saturated rings. The standard InChI is InChI=1S/C5H3Br2NO/c6-4-1-2-8(9)5(7)3-4/h1-3H. The number of halogens is 2. The predicted molar refractivity (Wildman–Crippen MR) is 40.8 cm³/mol. The van der Waals surface area contributed by atoms with Gasteiger partial charge >= 0.3 is 0 Å². The molecule has 0 bridgehead atoms. The summed E-state index contributed by atoms with van der Waals surface area (Å²) in [6, 6.07) is 3.37. The number of pyridine rings is 1. The minimum Gasteiger partial charge on any atom is -0.618 e. The van der Waals surface area contributed by atoms with Gasteiger partial charge in [0.15, 0.2) is 6.20 Å². The average Bonchev–Trinajstić information content (AvgIpc) is 1.80. The Bertz CT molecular complexity index is 226. The molecule has 9 heavy (non-hydrogen) atoms. The van der Waals surface area contributed by atoms with Crippen LogP contribution in [-0.2, 0) is 0 Å². The molecular formula is C5H3Br2NO. The molecule has 0 amide bonds. The molecule has 0 unspecified atom stereocenters. The van der Waals surface area contributed by atoms with E-state index < -0.39 is 0 Å². The van der Waals surface area contributed by atoms with Crippen molar-refractivity contribution in [2.45, 2.75) is 0 Å². The molecule has 0 aliphatic heterocycles. The Morgan fingerprint density at radius 3 is 2.56 bits per heavy atom. The Balaban J connectivity index is 3.17. The molecule has 0 radical (unpaired) electrons. The molecule has 1 aromatic rings. The van der Waals surface area contributed by atoms with E-state index in [2.05, 4.69) is 31.9 Å². The summed E-state index contributed by atoms with van der Waals surface area (Å²) in [5.74, 6) is 0. The molecule has 1 rings (SSSR count). The summed E-state index contributed by atoms with van der Waals surface area (Å²) in [6.07, 6.45) is 1.42. The Labute approximate surface area is 69.3 Å². The number of aromatic nitrogens is 1. The monoisotopic (exact) mass is 251 g/mol. The molecule has 0 aliphatic carbocycles. The second-order valence-corrected chi connectivity index (χ2v) is 3.22. The van der Waals surface area contributed by atoms with E-state index in [4.69, 9.17) is 0 Å². The van der Waals surface area contributed by atoms with Crippen molar-refractivity contribution in [2.75, 3.05) is 0 Å². The van der Waals surface area contributed by atoms with Crippen LogP contribution in [0.25, 0.3) is 0 Å². The highest BCUT2D eigenvalue weighted by molar-refractivity contribution is 9.11. The molecule has 0 atom stereocenters. The molecule has 1 aromatic heterocycles. The lowest BCUT2D eigenvalue weighted by Crippen LogP contribution is -2.26. The smallest absolute Gasteiger partial charge is 0.260 e. The Morgan fingerprint density at radius 1 is 1.44 bits per heavy atom. The van der Waals surface area contributed by atoms with Crippen LogP contribution >= 0.6 is 31.9 Å². The highest BCUT2D eigenvalue weighted by atomic mass is 79.9. The third-order valence-corrected chi connectivity index (χ3v) is 1.91. The Hall–Kier alpha value is -0.0900. The van der Waals surface area contributed by atoms with Gasteiger partial charge in [-0.25, -0.2) is 0 Å². The van der Waals surface area contributed by atoms with Gasteiger partial charge in [-0.3, -0.25) is 0 Å². The zero-order chi connectivity index (χ0) is 6.85. The zero-order valence-corrected chi connectivity index (χ0v) is 7.52. The van der Waals surface area contributed by atoms with Crippen LogP contribution in [0, 0.1) is 5.21 Å². The van der Waals surface area contributed by atoms with Gasteiger partial charge in [0.25, 0.3) is 4.60 Å². The van der Waals surface area contributed by atoms with Crippen molar-refractivity contribution < 1.29 is 4.73 Å². The van der Waals surface area contributed by atoms with Gasteiger partial charge in [-0.1, -0.05) is 15.9 Å². The molecule has 0 aromatic carbocycles. The summed E-state index contributed by atoms with van der Waals surface area (Å²) in [4.78, 5) is 0. The Kier molecular flexibility index (Phi) is 2.08. The van der Waals surface area contributed by atoms with Crippen LogP contribution in [0.1, 0.15) is 0 Å². The van der Waals surface area contributed by atoms with Crippen LogP contribution in [-0.4, -0.2) is 0 Å². The first-order valence-electron chi connectivity index (χ1n) is 2.24. The summed E-state index contributed by atoms with van der Waals surface area (Å²) in [7, 11) is 0. The van der Waals surface area contributed by atoms with Gasteiger partial charge < -0.3 is 5.21 Å². The highest BCUT2D eigenvalue weighted by Gasteiger charge is 1.98. The maximum absolute atomic E-state index is 10.6. The van der Waals surface area contributed by atoms with Crippen LogP contribution in [0.3, 0.4) is 0 Å². The summed E-state index contributed by atoms with van der Waals surface area (Å²) < 4.78 is 2.14. The van der Waals surface area contributed by atoms with E-state index in [1.807, 2.05) is 0 Å². The van der Waals surface area contributed by atoms with Crippen LogP contribution in [0.5, 0.6) is 0 Å². The lowest BCUT2D eigenvalue weighted by Gasteiger charge is -1.96. The van der Waals surface area contributed by atoms with Crippen molar-refractivity contribution >= 4 is 31.9 Å². The highest BCUT2D eigenvalue weighted by Crippen LogP contribution is 2.11. The number of hydrogen-bond donors (Lipinski definition) is 0. The van der Waals surface area contributed by atoms with E-state index in [1.165, 1.54) is 6.20 Å². The number of rotatable bonds is 0. The normalized spacial score (nSPS) is 9.56. The summed E-state index contributed by atoms with van der Waals surface area (Å²) >= 11 is 6.28. The van der Waals surface area contributed by atoms with Gasteiger partial charge in [0.05, 0.1) is 0 Å². The molecule has 0 saturated carbocycles. The topological polar surface area (TPSA) is 26.9 Å². The maximum atomic E-state index is 10.6. The molecule has 0 saturated heterocycles. The summed E-state index contributed by atoms with van der Waals surface area (Å²) in [6.45, 7) is 0. The average molecular weight is 253 g/mol. The van der Waals surface area contributed by atoms with Crippen molar-refractivity contribution in [2.24, 2.45) is 0 Å². The summed E-state index contributed by atoms with van der Waals surface area (Å²) in [5, 5.41) is 10.6. The molecule has 0 spiro atoms. The molecule has 2 nitrogen and oxygen atoms in total. The van der Waals surface area contributed by atoms with E-state index in [1.54, 1.807) is 12.1 Å². The van der Waals surface area contributed by atoms with Crippen molar-refractivity contribution in [3.8, 4) is 0 Å². The third kappa shape index (κ3) is 1.66. The lowest BCUT2D eigenvalue weighted by molar-refractivity contribution is -0.617. The van der Waals surface area contributed by atoms with Gasteiger partial charge in [0, 0.05) is 32.5 Å². The van der Waals surface area contributed by atoms with Gasteiger partial charge in [-0.05, 0) is 0 Å². The molecule has 48 valence electrons. The molecular weight excluding hydrogens is 250 g/mol. The number of nitrogens with zero attached hydrogens (tertiary/aromatic N) is 1. The SMILES string of the molecule is [O-][n+]1ccc(Br)cc1Br. The van der Waals surface area contributed by atoms with Crippen LogP contribution in [0.15, 0.2) is 27.4 Å². The summed E-state index contributed by atoms with van der Waals surface area (Å²) in [5.41, 5.74) is 0. The fourth-order valence-electron chi connectivity index (χ4n) is 0.436. The second-order valence-electron chi connectivity index (χ2n) is 1.49. The van der Waals surface area contributed by atoms with E-state index in [9.17, 15) is 5.21 Å². The lowest BCUT2D eigenvalue weighted by atomic mass is 10.5. The minimum absolute atomic E-state index is 0.511. The van der Waals surface area contributed by atoms with Gasteiger partial charge in [0.2, 0.25) is 0 Å². The molecule has 1 heterocycles. The van der Waals surface area contributed by atoms with Crippen molar-refractivity contribution in [3.05, 3.63) is 32.6 Å². The Morgan fingerprint density at radius 2 is 2.11 bits per heavy atom. The largest absolute Gasteiger partial charge is 0.618 e. The fraction of sp³-hybridized carbons (Fsp3) is 0. The van der Waals surface area contributed by atoms with Crippen molar-refractivity contribution in [1.82, 2.24) is 0 Å². The van der Waals surface area contributed by atoms with E-state index in [-0.39, 0.29) is 0 Å². The van der Waals surface area contributed by atoms with E-state index >= 15 is 0 Å². The van der Waals surface area contributed by atoms with Crippen molar-refractivity contribution in [3.63, 3.8) is 0 Å². The van der Waals surface area contributed by atoms with Crippen LogP contribution in [0.2, 0.25) is 0 Å². The van der Waals surface area contributed by atoms with Crippen LogP contribution < -0.4 is 4.73 Å². The first-order valence-corrected chi connectivity index (χ1v) is 3.83. The van der Waals surface area contributed by atoms with E-state index in [0.29, 0.717) is 4.60 Å². The molecule has 0 aliphatic rings. The van der Waals surface area contributed by atoms with Gasteiger partial charge in [0.1, 0.15) is 0 Å². The van der Waals surface area contributed by atoms with Gasteiger partial charge in [-0.2, -0.15) is 4.73 Å². The molecule has 0 N–H and O–H groups in total. The number of hydrogen-bond acceptors (Lipinski definition) is 1. The minimum atomic E-state index is 0.511. The quantitative estimate of drug-likeness (QED) is 0.393. The van der Waals surface area contributed by atoms with Gasteiger partial charge in [-0.15, -0.1) is 0 Å². The predicted octanol–water partition coefficient (Wildman–Crippen LogP) is 1.84. The maximum Gasteiger partial charge on any atom is 0.260 e. The first-order chi connectivity index (χ1) is 4.20. The first kappa shape index (κ1) is 7.02. The third-order valence-electron chi connectivity index (χ3n) is 0.837. The van der Waals surface area contributed by atoms with Crippen LogP contribution in [0.4, 0.5) is 0 Å². The fourth-order valence-corrected chi connectivity index (χ4v) is 1.44. The zero-order valence-electron chi connectivity index (χ0n) is 4.34. The van der Waals surface area contributed by atoms with Crippen molar-refractivity contribution in [1.29, 1.82) is 0 Å².